The lowest BCUT2D eigenvalue weighted by Gasteiger charge is -2.30. The van der Waals surface area contributed by atoms with Crippen LogP contribution in [0.15, 0.2) is 24.5 Å². The first-order valence-corrected chi connectivity index (χ1v) is 9.29. The molecule has 0 spiro atoms. The number of halogens is 4. The molecule has 10 heteroatoms. The summed E-state index contributed by atoms with van der Waals surface area (Å²) in [6.45, 7) is -0.606. The first kappa shape index (κ1) is 20.4. The van der Waals surface area contributed by atoms with Gasteiger partial charge in [-0.05, 0) is 18.6 Å². The number of hydrogen-bond acceptors (Lipinski definition) is 5. The van der Waals surface area contributed by atoms with Crippen molar-refractivity contribution >= 4 is 40.5 Å². The molecule has 1 amide bonds. The summed E-state index contributed by atoms with van der Waals surface area (Å²) in [4.78, 5) is 16.6. The summed E-state index contributed by atoms with van der Waals surface area (Å²) in [5.41, 5.74) is 0.644. The average molecular weight is 432 g/mol. The molecule has 150 valence electrons. The molecule has 1 unspecified atom stereocenters. The van der Waals surface area contributed by atoms with Crippen LogP contribution in [0.1, 0.15) is 30.1 Å². The SMILES string of the molecule is CCCC1CNc2c(C(=O)Nc3c(Cl)cncc3Cl)ccc(OC(F)F)c2O1. The van der Waals surface area contributed by atoms with Crippen LogP contribution >= 0.6 is 23.2 Å². The van der Waals surface area contributed by atoms with E-state index in [1.165, 1.54) is 24.5 Å². The molecule has 0 aliphatic carbocycles. The second-order valence-corrected chi connectivity index (χ2v) is 6.85. The van der Waals surface area contributed by atoms with E-state index in [0.717, 1.165) is 12.8 Å². The molecule has 1 aliphatic rings. The van der Waals surface area contributed by atoms with Crippen molar-refractivity contribution in [1.82, 2.24) is 4.98 Å². The fraction of sp³-hybridized carbons (Fsp3) is 0.333. The molecule has 2 aromatic rings. The third kappa shape index (κ3) is 4.39. The minimum absolute atomic E-state index is 0.0737. The van der Waals surface area contributed by atoms with E-state index < -0.39 is 12.5 Å². The van der Waals surface area contributed by atoms with Gasteiger partial charge in [0.2, 0.25) is 0 Å². The maximum atomic E-state index is 12.8. The highest BCUT2D eigenvalue weighted by molar-refractivity contribution is 6.39. The quantitative estimate of drug-likeness (QED) is 0.656. The monoisotopic (exact) mass is 431 g/mol. The van der Waals surface area contributed by atoms with E-state index >= 15 is 0 Å². The number of amides is 1. The number of carbonyl (C=O) groups is 1. The Hall–Kier alpha value is -2.32. The minimum Gasteiger partial charge on any atom is -0.483 e. The number of aromatic nitrogens is 1. The largest absolute Gasteiger partial charge is 0.483 e. The van der Waals surface area contributed by atoms with E-state index in [4.69, 9.17) is 27.9 Å². The third-order valence-corrected chi connectivity index (χ3v) is 4.65. The molecule has 1 atom stereocenters. The minimum atomic E-state index is -3.02. The summed E-state index contributed by atoms with van der Waals surface area (Å²) >= 11 is 12.1. The van der Waals surface area contributed by atoms with Gasteiger partial charge in [0.25, 0.3) is 5.91 Å². The lowest BCUT2D eigenvalue weighted by atomic mass is 10.1. The molecule has 3 rings (SSSR count). The summed E-state index contributed by atoms with van der Waals surface area (Å²) in [5, 5.41) is 6.03. The molecule has 0 bridgehead atoms. The van der Waals surface area contributed by atoms with Gasteiger partial charge < -0.3 is 20.1 Å². The number of carbonyl (C=O) groups excluding carboxylic acids is 1. The first-order chi connectivity index (χ1) is 13.4. The van der Waals surface area contributed by atoms with Gasteiger partial charge in [-0.2, -0.15) is 8.78 Å². The molecular formula is C18H17Cl2F2N3O3. The number of nitrogens with one attached hydrogen (secondary N) is 2. The van der Waals surface area contributed by atoms with Crippen molar-refractivity contribution in [3.05, 3.63) is 40.1 Å². The van der Waals surface area contributed by atoms with Crippen LogP contribution in [0.4, 0.5) is 20.2 Å². The Bertz CT molecular complexity index is 863. The van der Waals surface area contributed by atoms with Crippen molar-refractivity contribution in [2.45, 2.75) is 32.5 Å². The normalized spacial score (nSPS) is 15.4. The number of fused-ring (bicyclic) bond motifs is 1. The topological polar surface area (TPSA) is 72.5 Å². The van der Waals surface area contributed by atoms with Gasteiger partial charge in [0, 0.05) is 12.4 Å². The van der Waals surface area contributed by atoms with Crippen LogP contribution in [-0.2, 0) is 0 Å². The highest BCUT2D eigenvalue weighted by atomic mass is 35.5. The van der Waals surface area contributed by atoms with Gasteiger partial charge in [-0.1, -0.05) is 36.5 Å². The maximum Gasteiger partial charge on any atom is 0.387 e. The van der Waals surface area contributed by atoms with Crippen molar-refractivity contribution in [1.29, 1.82) is 0 Å². The Balaban J connectivity index is 1.95. The number of alkyl halides is 2. The van der Waals surface area contributed by atoms with E-state index in [0.29, 0.717) is 6.54 Å². The Kier molecular flexibility index (Phi) is 6.41. The molecule has 0 fully saturated rings. The molecular weight excluding hydrogens is 415 g/mol. The highest BCUT2D eigenvalue weighted by Gasteiger charge is 2.28. The molecule has 1 aromatic heterocycles. The zero-order chi connectivity index (χ0) is 20.3. The summed E-state index contributed by atoms with van der Waals surface area (Å²) in [5.74, 6) is -0.612. The third-order valence-electron chi connectivity index (χ3n) is 4.08. The fourth-order valence-corrected chi connectivity index (χ4v) is 3.31. The lowest BCUT2D eigenvalue weighted by molar-refractivity contribution is -0.0521. The van der Waals surface area contributed by atoms with Gasteiger partial charge in [0.05, 0.1) is 33.5 Å². The number of ether oxygens (including phenoxy) is 2. The van der Waals surface area contributed by atoms with Gasteiger partial charge in [-0.25, -0.2) is 0 Å². The first-order valence-electron chi connectivity index (χ1n) is 8.53. The fourth-order valence-electron chi connectivity index (χ4n) is 2.85. The van der Waals surface area contributed by atoms with Gasteiger partial charge >= 0.3 is 6.61 Å². The van der Waals surface area contributed by atoms with Gasteiger partial charge in [-0.3, -0.25) is 9.78 Å². The molecule has 0 radical (unpaired) electrons. The number of benzene rings is 1. The predicted octanol–water partition coefficient (Wildman–Crippen LogP) is 5.22. The number of anilines is 2. The molecule has 28 heavy (non-hydrogen) atoms. The van der Waals surface area contributed by atoms with Crippen molar-refractivity contribution in [2.75, 3.05) is 17.2 Å². The summed E-state index contributed by atoms with van der Waals surface area (Å²) in [6, 6.07) is 2.64. The van der Waals surface area contributed by atoms with Crippen LogP contribution in [0.3, 0.4) is 0 Å². The molecule has 1 aromatic carbocycles. The van der Waals surface area contributed by atoms with E-state index in [2.05, 4.69) is 20.4 Å². The number of pyridine rings is 1. The molecule has 2 N–H and O–H groups in total. The maximum absolute atomic E-state index is 12.8. The Morgan fingerprint density at radius 1 is 1.39 bits per heavy atom. The lowest BCUT2D eigenvalue weighted by Crippen LogP contribution is -2.32. The van der Waals surface area contributed by atoms with Crippen molar-refractivity contribution < 1.29 is 23.0 Å². The zero-order valence-electron chi connectivity index (χ0n) is 14.8. The van der Waals surface area contributed by atoms with Crippen LogP contribution in [0, 0.1) is 0 Å². The van der Waals surface area contributed by atoms with Gasteiger partial charge in [0.15, 0.2) is 11.5 Å². The van der Waals surface area contributed by atoms with Crippen LogP contribution in [-0.4, -0.2) is 30.2 Å². The zero-order valence-corrected chi connectivity index (χ0v) is 16.3. The number of rotatable bonds is 6. The summed E-state index contributed by atoms with van der Waals surface area (Å²) in [6.07, 6.45) is 4.04. The molecule has 6 nitrogen and oxygen atoms in total. The second kappa shape index (κ2) is 8.79. The van der Waals surface area contributed by atoms with E-state index in [1.807, 2.05) is 6.92 Å². The summed E-state index contributed by atoms with van der Waals surface area (Å²) < 4.78 is 35.9. The summed E-state index contributed by atoms with van der Waals surface area (Å²) in [7, 11) is 0. The molecule has 2 heterocycles. The van der Waals surface area contributed by atoms with E-state index in [-0.39, 0.29) is 44.6 Å². The Morgan fingerprint density at radius 2 is 2.11 bits per heavy atom. The predicted molar refractivity (Wildman–Crippen MR) is 103 cm³/mol. The van der Waals surface area contributed by atoms with Crippen LogP contribution in [0.2, 0.25) is 10.0 Å². The molecule has 0 saturated heterocycles. The standard InChI is InChI=1S/C18H17Cl2F2N3O3/c1-2-3-9-6-24-14-10(4-5-13(16(14)27-9)28-18(21)22)17(26)25-15-11(19)7-23-8-12(15)20/h4-5,7-9,18,24H,2-3,6H2,1H3,(H,23,25,26). The van der Waals surface area contributed by atoms with Gasteiger partial charge in [0.1, 0.15) is 6.10 Å². The van der Waals surface area contributed by atoms with Crippen LogP contribution in [0.25, 0.3) is 0 Å². The highest BCUT2D eigenvalue weighted by Crippen LogP contribution is 2.42. The Morgan fingerprint density at radius 3 is 2.75 bits per heavy atom. The van der Waals surface area contributed by atoms with Crippen molar-refractivity contribution in [2.24, 2.45) is 0 Å². The van der Waals surface area contributed by atoms with Crippen LogP contribution in [0.5, 0.6) is 11.5 Å². The van der Waals surface area contributed by atoms with Crippen molar-refractivity contribution in [3.63, 3.8) is 0 Å². The Labute approximate surface area is 170 Å². The van der Waals surface area contributed by atoms with Gasteiger partial charge in [-0.15, -0.1) is 0 Å². The van der Waals surface area contributed by atoms with Crippen molar-refractivity contribution in [3.8, 4) is 11.5 Å². The van der Waals surface area contributed by atoms with Crippen LogP contribution < -0.4 is 20.1 Å². The average Bonchev–Trinajstić information content (AvgIpc) is 2.65. The number of nitrogens with zero attached hydrogens (tertiary/aromatic N) is 1. The molecule has 1 aliphatic heterocycles. The van der Waals surface area contributed by atoms with E-state index in [9.17, 15) is 13.6 Å². The smallest absolute Gasteiger partial charge is 0.387 e. The second-order valence-electron chi connectivity index (χ2n) is 6.04. The molecule has 0 saturated carbocycles. The number of hydrogen-bond donors (Lipinski definition) is 2. The van der Waals surface area contributed by atoms with E-state index in [1.54, 1.807) is 0 Å².